The molecule has 1 aromatic carbocycles. The van der Waals surface area contributed by atoms with Crippen LogP contribution in [0.2, 0.25) is 10.0 Å². The van der Waals surface area contributed by atoms with E-state index in [-0.39, 0.29) is 18.4 Å². The zero-order chi connectivity index (χ0) is 23.3. The molecule has 0 aliphatic carbocycles. The van der Waals surface area contributed by atoms with Gasteiger partial charge >= 0.3 is 0 Å². The highest BCUT2D eigenvalue weighted by Gasteiger charge is 2.35. The molecule has 5 rings (SSSR count). The van der Waals surface area contributed by atoms with Gasteiger partial charge in [0.1, 0.15) is 11.3 Å². The van der Waals surface area contributed by atoms with Crippen LogP contribution in [-0.2, 0) is 0 Å². The second-order valence-electron chi connectivity index (χ2n) is 9.78. The van der Waals surface area contributed by atoms with Gasteiger partial charge in [0.15, 0.2) is 5.65 Å². The number of aryl methyl sites for hydroxylation is 1. The number of fused-ring (bicyclic) bond motifs is 1. The number of aromatic nitrogens is 4. The summed E-state index contributed by atoms with van der Waals surface area (Å²) < 4.78 is 1.94. The Kier molecular flexibility index (Phi) is 7.63. The third-order valence-electron chi connectivity index (χ3n) is 7.55. The van der Waals surface area contributed by atoms with Crippen molar-refractivity contribution in [2.75, 3.05) is 24.5 Å². The van der Waals surface area contributed by atoms with Gasteiger partial charge < -0.3 is 4.90 Å². The molecule has 6 nitrogen and oxygen atoms in total. The third-order valence-corrected chi connectivity index (χ3v) is 8.12. The van der Waals surface area contributed by atoms with Gasteiger partial charge in [-0.25, -0.2) is 14.6 Å². The number of benzene rings is 1. The molecule has 184 valence electrons. The maximum atomic E-state index is 6.51. The largest absolute Gasteiger partial charge is 0.355 e. The van der Waals surface area contributed by atoms with E-state index in [1.165, 1.54) is 25.8 Å². The molecule has 2 aliphatic rings. The number of anilines is 1. The van der Waals surface area contributed by atoms with Gasteiger partial charge in [-0.1, -0.05) is 36.2 Å². The topological polar surface area (TPSA) is 50.1 Å². The molecular weight excluding hydrogens is 491 g/mol. The van der Waals surface area contributed by atoms with Crippen molar-refractivity contribution < 1.29 is 0 Å². The van der Waals surface area contributed by atoms with Crippen LogP contribution in [0.5, 0.6) is 0 Å². The van der Waals surface area contributed by atoms with Gasteiger partial charge in [0.05, 0.1) is 17.9 Å². The van der Waals surface area contributed by atoms with Crippen molar-refractivity contribution in [3.05, 3.63) is 45.7 Å². The number of hydrogen-bond donors (Lipinski definition) is 0. The molecule has 0 bridgehead atoms. The lowest BCUT2D eigenvalue weighted by atomic mass is 9.92. The first-order valence-electron chi connectivity index (χ1n) is 12.0. The van der Waals surface area contributed by atoms with E-state index in [1.807, 2.05) is 29.9 Å². The van der Waals surface area contributed by atoms with Gasteiger partial charge in [-0.05, 0) is 70.2 Å². The molecule has 0 N–H and O–H groups in total. The van der Waals surface area contributed by atoms with Gasteiger partial charge in [0.25, 0.3) is 0 Å². The number of halogens is 3. The normalized spacial score (nSPS) is 24.4. The SMILES string of the molecule is Cc1nn([C@H](C)c2ccc(Cl)cc2Cl)c2nc(N3CC[C@H](N4CCCC4C)[C@H](C)C3)cnc12.Cl. The van der Waals surface area contributed by atoms with Gasteiger partial charge in [0.2, 0.25) is 0 Å². The minimum atomic E-state index is -0.0863. The second-order valence-corrected chi connectivity index (χ2v) is 10.6. The summed E-state index contributed by atoms with van der Waals surface area (Å²) in [6.45, 7) is 12.1. The van der Waals surface area contributed by atoms with Gasteiger partial charge in [-0.2, -0.15) is 5.10 Å². The molecule has 2 aliphatic heterocycles. The zero-order valence-electron chi connectivity index (χ0n) is 20.2. The Morgan fingerprint density at radius 2 is 1.91 bits per heavy atom. The van der Waals surface area contributed by atoms with Gasteiger partial charge in [-0.3, -0.25) is 4.90 Å². The number of nitrogens with zero attached hydrogens (tertiary/aromatic N) is 6. The summed E-state index contributed by atoms with van der Waals surface area (Å²) in [6.07, 6.45) is 5.73. The van der Waals surface area contributed by atoms with E-state index in [4.69, 9.17) is 38.3 Å². The van der Waals surface area contributed by atoms with Crippen LogP contribution in [0.15, 0.2) is 24.4 Å². The molecule has 34 heavy (non-hydrogen) atoms. The van der Waals surface area contributed by atoms with Crippen LogP contribution in [0.1, 0.15) is 57.3 Å². The van der Waals surface area contributed by atoms with E-state index >= 15 is 0 Å². The lowest BCUT2D eigenvalue weighted by Gasteiger charge is -2.43. The quantitative estimate of drug-likeness (QED) is 0.409. The fraction of sp³-hybridized carbons (Fsp3) is 0.560. The van der Waals surface area contributed by atoms with E-state index < -0.39 is 0 Å². The maximum Gasteiger partial charge on any atom is 0.179 e. The van der Waals surface area contributed by atoms with E-state index in [1.54, 1.807) is 6.07 Å². The van der Waals surface area contributed by atoms with Crippen LogP contribution in [-0.4, -0.2) is 56.4 Å². The van der Waals surface area contributed by atoms with Crippen LogP contribution in [0, 0.1) is 12.8 Å². The van der Waals surface area contributed by atoms with Crippen molar-refractivity contribution in [1.82, 2.24) is 24.6 Å². The van der Waals surface area contributed by atoms with Crippen LogP contribution in [0.25, 0.3) is 11.2 Å². The molecular formula is C25H33Cl3N6. The predicted molar refractivity (Wildman–Crippen MR) is 143 cm³/mol. The first kappa shape index (κ1) is 25.5. The zero-order valence-corrected chi connectivity index (χ0v) is 22.5. The summed E-state index contributed by atoms with van der Waals surface area (Å²) in [7, 11) is 0. The number of rotatable bonds is 4. The Balaban J connectivity index is 0.00000274. The molecule has 0 spiro atoms. The Labute approximate surface area is 218 Å². The molecule has 4 atom stereocenters. The molecule has 9 heteroatoms. The second kappa shape index (κ2) is 10.2. The van der Waals surface area contributed by atoms with Gasteiger partial charge in [-0.15, -0.1) is 12.4 Å². The molecule has 2 aromatic heterocycles. The molecule has 2 fully saturated rings. The maximum absolute atomic E-state index is 6.51. The number of likely N-dealkylation sites (tertiary alicyclic amines) is 1. The number of piperidine rings is 1. The number of hydrogen-bond acceptors (Lipinski definition) is 5. The summed E-state index contributed by atoms with van der Waals surface area (Å²) in [5, 5.41) is 6.04. The van der Waals surface area contributed by atoms with E-state index in [2.05, 4.69) is 30.6 Å². The minimum absolute atomic E-state index is 0. The average molecular weight is 524 g/mol. The fourth-order valence-electron chi connectivity index (χ4n) is 5.72. The van der Waals surface area contributed by atoms with Crippen molar-refractivity contribution in [2.24, 2.45) is 5.92 Å². The minimum Gasteiger partial charge on any atom is -0.355 e. The molecule has 1 unspecified atom stereocenters. The van der Waals surface area contributed by atoms with Crippen molar-refractivity contribution >= 4 is 52.6 Å². The van der Waals surface area contributed by atoms with Crippen LogP contribution >= 0.6 is 35.6 Å². The summed E-state index contributed by atoms with van der Waals surface area (Å²) in [4.78, 5) is 15.0. The van der Waals surface area contributed by atoms with Gasteiger partial charge in [0, 0.05) is 35.2 Å². The Morgan fingerprint density at radius 1 is 1.12 bits per heavy atom. The standard InChI is InChI=1S/C25H32Cl2N6.ClH/c1-15-14-31(11-9-22(15)32-10-5-6-16(32)2)23-13-28-24-17(3)30-33(25(24)29-23)18(4)20-8-7-19(26)12-21(20)27;/h7-8,12-13,15-16,18,22H,5-6,9-11,14H2,1-4H3;1H/t15-,16?,18-,22+;/m1./s1. The smallest absolute Gasteiger partial charge is 0.179 e. The van der Waals surface area contributed by atoms with Crippen molar-refractivity contribution in [2.45, 2.75) is 65.1 Å². The highest BCUT2D eigenvalue weighted by Crippen LogP contribution is 2.33. The van der Waals surface area contributed by atoms with Crippen LogP contribution in [0.4, 0.5) is 5.82 Å². The predicted octanol–water partition coefficient (Wildman–Crippen LogP) is 6.17. The van der Waals surface area contributed by atoms with E-state index in [9.17, 15) is 0 Å². The summed E-state index contributed by atoms with van der Waals surface area (Å²) in [6, 6.07) is 6.88. The molecule has 2 saturated heterocycles. The Hall–Kier alpha value is -1.60. The lowest BCUT2D eigenvalue weighted by Crippen LogP contribution is -2.51. The third kappa shape index (κ3) is 4.62. The first-order valence-corrected chi connectivity index (χ1v) is 12.8. The van der Waals surface area contributed by atoms with Crippen molar-refractivity contribution in [1.29, 1.82) is 0 Å². The average Bonchev–Trinajstić information content (AvgIpc) is 3.36. The molecule has 0 amide bonds. The molecule has 4 heterocycles. The summed E-state index contributed by atoms with van der Waals surface area (Å²) in [5.41, 5.74) is 3.47. The summed E-state index contributed by atoms with van der Waals surface area (Å²) >= 11 is 12.6. The molecule has 0 radical (unpaired) electrons. The first-order chi connectivity index (χ1) is 15.8. The molecule has 0 saturated carbocycles. The highest BCUT2D eigenvalue weighted by molar-refractivity contribution is 6.35. The Bertz CT molecular complexity index is 1170. The van der Waals surface area contributed by atoms with Crippen LogP contribution in [0.3, 0.4) is 0 Å². The fourth-order valence-corrected chi connectivity index (χ4v) is 6.28. The van der Waals surface area contributed by atoms with E-state index in [0.717, 1.165) is 41.3 Å². The Morgan fingerprint density at radius 3 is 2.59 bits per heavy atom. The van der Waals surface area contributed by atoms with Crippen molar-refractivity contribution in [3.8, 4) is 0 Å². The van der Waals surface area contributed by atoms with Crippen LogP contribution < -0.4 is 4.90 Å². The molecule has 3 aromatic rings. The lowest BCUT2D eigenvalue weighted by molar-refractivity contribution is 0.122. The highest BCUT2D eigenvalue weighted by atomic mass is 35.5. The van der Waals surface area contributed by atoms with E-state index in [0.29, 0.717) is 28.0 Å². The summed E-state index contributed by atoms with van der Waals surface area (Å²) in [5.74, 6) is 1.52. The van der Waals surface area contributed by atoms with Crippen molar-refractivity contribution in [3.63, 3.8) is 0 Å². The monoisotopic (exact) mass is 522 g/mol.